The van der Waals surface area contributed by atoms with Gasteiger partial charge in [0.15, 0.2) is 6.29 Å². The van der Waals surface area contributed by atoms with Gasteiger partial charge in [0.05, 0.1) is 79.3 Å². The van der Waals surface area contributed by atoms with E-state index < -0.39 is 37.3 Å². The van der Waals surface area contributed by atoms with E-state index in [1.165, 1.54) is 0 Å². The van der Waals surface area contributed by atoms with Crippen LogP contribution < -0.4 is 5.73 Å². The normalized spacial score (nSPS) is 24.8. The third-order valence-electron chi connectivity index (χ3n) is 4.65. The molecule has 0 radical (unpaired) electrons. The van der Waals surface area contributed by atoms with Crippen LogP contribution in [0.25, 0.3) is 0 Å². The van der Waals surface area contributed by atoms with Crippen LogP contribution in [-0.2, 0) is 33.2 Å². The van der Waals surface area contributed by atoms with Crippen molar-refractivity contribution in [1.82, 2.24) is 0 Å². The Morgan fingerprint density at radius 2 is 1.11 bits per heavy atom. The minimum atomic E-state index is -1.42. The lowest BCUT2D eigenvalue weighted by atomic mass is 9.99. The molecule has 14 heteroatoms. The van der Waals surface area contributed by atoms with E-state index in [1.54, 1.807) is 23.5 Å². The van der Waals surface area contributed by atoms with E-state index in [2.05, 4.69) is 0 Å². The first kappa shape index (κ1) is 33.2. The second-order valence-electron chi connectivity index (χ2n) is 7.35. The molecule has 0 aliphatic carbocycles. The van der Waals surface area contributed by atoms with Gasteiger partial charge >= 0.3 is 0 Å². The van der Waals surface area contributed by atoms with Crippen LogP contribution in [0.4, 0.5) is 0 Å². The molecule has 12 nitrogen and oxygen atoms in total. The van der Waals surface area contributed by atoms with Gasteiger partial charge in [-0.3, -0.25) is 0 Å². The number of aliphatic hydroxyl groups excluding tert-OH is 4. The molecule has 6 N–H and O–H groups in total. The summed E-state index contributed by atoms with van der Waals surface area (Å²) in [7, 11) is 0. The summed E-state index contributed by atoms with van der Waals surface area (Å²) in [6.07, 6.45) is -6.19. The number of hydrogen-bond donors (Lipinski definition) is 5. The van der Waals surface area contributed by atoms with E-state index in [1.807, 2.05) is 0 Å². The zero-order valence-corrected chi connectivity index (χ0v) is 21.9. The van der Waals surface area contributed by atoms with E-state index in [0.717, 1.165) is 10.8 Å². The summed E-state index contributed by atoms with van der Waals surface area (Å²) in [6, 6.07) is 0. The fraction of sp³-hybridized carbons (Fsp3) is 1.00. The summed E-state index contributed by atoms with van der Waals surface area (Å²) < 4.78 is 37.6. The zero-order valence-electron chi connectivity index (χ0n) is 20.2. The molecule has 210 valence electrons. The fourth-order valence-electron chi connectivity index (χ4n) is 2.79. The summed E-state index contributed by atoms with van der Waals surface area (Å²) in [5.41, 5.74) is 5.31. The Bertz CT molecular complexity index is 471. The predicted octanol–water partition coefficient (Wildman–Crippen LogP) is -1.73. The zero-order chi connectivity index (χ0) is 25.6. The molecule has 0 aromatic heterocycles. The Morgan fingerprint density at radius 3 is 1.63 bits per heavy atom. The van der Waals surface area contributed by atoms with Gasteiger partial charge in [-0.2, -0.15) is 0 Å². The van der Waals surface area contributed by atoms with E-state index in [0.29, 0.717) is 85.0 Å². The highest BCUT2D eigenvalue weighted by Crippen LogP contribution is 2.22. The molecule has 35 heavy (non-hydrogen) atoms. The van der Waals surface area contributed by atoms with Gasteiger partial charge in [-0.1, -0.05) is 0 Å². The molecule has 1 aliphatic rings. The summed E-state index contributed by atoms with van der Waals surface area (Å²) in [5.74, 6) is 1.54. The number of nitrogens with two attached hydrogens (primary N) is 1. The van der Waals surface area contributed by atoms with Crippen LogP contribution in [0.5, 0.6) is 0 Å². The van der Waals surface area contributed by atoms with Crippen LogP contribution in [0.1, 0.15) is 0 Å². The van der Waals surface area contributed by atoms with Crippen LogP contribution in [0.2, 0.25) is 0 Å². The molecular formula is C21H43NO11S2. The number of aliphatic hydroxyl groups is 4. The molecule has 1 aliphatic heterocycles. The predicted molar refractivity (Wildman–Crippen MR) is 133 cm³/mol. The Labute approximate surface area is 216 Å². The van der Waals surface area contributed by atoms with Crippen molar-refractivity contribution >= 4 is 23.5 Å². The van der Waals surface area contributed by atoms with Crippen LogP contribution in [0.3, 0.4) is 0 Å². The number of ether oxygens (including phenoxy) is 7. The molecule has 0 aromatic carbocycles. The second kappa shape index (κ2) is 23.3. The van der Waals surface area contributed by atoms with Gasteiger partial charge < -0.3 is 59.3 Å². The van der Waals surface area contributed by atoms with Crippen molar-refractivity contribution in [2.24, 2.45) is 5.73 Å². The Morgan fingerprint density at radius 1 is 0.629 bits per heavy atom. The van der Waals surface area contributed by atoms with Crippen LogP contribution in [0, 0.1) is 0 Å². The van der Waals surface area contributed by atoms with Crippen molar-refractivity contribution in [1.29, 1.82) is 0 Å². The number of rotatable bonds is 24. The van der Waals surface area contributed by atoms with Gasteiger partial charge in [-0.15, -0.1) is 23.5 Å². The van der Waals surface area contributed by atoms with E-state index >= 15 is 0 Å². The van der Waals surface area contributed by atoms with Gasteiger partial charge in [0.25, 0.3) is 0 Å². The highest BCUT2D eigenvalue weighted by molar-refractivity contribution is 8.15. The lowest BCUT2D eigenvalue weighted by Gasteiger charge is -2.39. The lowest BCUT2D eigenvalue weighted by Crippen LogP contribution is -2.59. The highest BCUT2D eigenvalue weighted by atomic mass is 32.2. The average molecular weight is 550 g/mol. The molecule has 3 unspecified atom stereocenters. The molecular weight excluding hydrogens is 506 g/mol. The molecule has 1 heterocycles. The maximum absolute atomic E-state index is 9.90. The van der Waals surface area contributed by atoms with Crippen LogP contribution in [0.15, 0.2) is 0 Å². The molecule has 1 fully saturated rings. The minimum Gasteiger partial charge on any atom is -0.394 e. The topological polar surface area (TPSA) is 172 Å². The third kappa shape index (κ3) is 16.6. The maximum atomic E-state index is 9.90. The van der Waals surface area contributed by atoms with Crippen molar-refractivity contribution in [2.75, 3.05) is 102 Å². The Kier molecular flexibility index (Phi) is 22.2. The van der Waals surface area contributed by atoms with Crippen molar-refractivity contribution in [3.8, 4) is 0 Å². The molecule has 0 aromatic rings. The molecule has 0 bridgehead atoms. The molecule has 0 amide bonds. The Balaban J connectivity index is 1.78. The summed E-state index contributed by atoms with van der Waals surface area (Å²) in [6.45, 7) is 5.75. The van der Waals surface area contributed by atoms with Gasteiger partial charge in [-0.25, -0.2) is 0 Å². The molecule has 0 saturated carbocycles. The maximum Gasteiger partial charge on any atom is 0.186 e. The van der Waals surface area contributed by atoms with Gasteiger partial charge in [-0.05, 0) is 0 Å². The number of thioether (sulfide) groups is 2. The molecule has 5 atom stereocenters. The monoisotopic (exact) mass is 549 g/mol. The van der Waals surface area contributed by atoms with Gasteiger partial charge in [0.2, 0.25) is 0 Å². The Hall–Kier alpha value is 0.220. The first-order valence-electron chi connectivity index (χ1n) is 11.8. The lowest BCUT2D eigenvalue weighted by molar-refractivity contribution is -0.299. The molecule has 0 spiro atoms. The minimum absolute atomic E-state index is 0.308. The van der Waals surface area contributed by atoms with E-state index in [-0.39, 0.29) is 0 Å². The SMILES string of the molecule is NCCOCCOCCOCCOCCOCCSCSCCO[C@@H]1OC(CO)[C@@H](O)C(O)C1O. The van der Waals surface area contributed by atoms with Gasteiger partial charge in [0, 0.05) is 23.1 Å². The van der Waals surface area contributed by atoms with Crippen molar-refractivity contribution < 1.29 is 53.6 Å². The first-order chi connectivity index (χ1) is 17.1. The molecule has 1 saturated heterocycles. The number of hydrogen-bond acceptors (Lipinski definition) is 14. The van der Waals surface area contributed by atoms with Crippen molar-refractivity contribution in [2.45, 2.75) is 30.7 Å². The molecule has 1 rings (SSSR count). The standard InChI is InChI=1S/C21H43NO11S2/c22-1-2-27-3-4-28-5-6-29-7-8-30-9-10-31-11-13-34-16-35-14-12-32-21-20(26)19(25)18(24)17(15-23)33-21/h17-21,23-26H,1-16,22H2/t17?,18-,19?,20?,21-/m1/s1. The van der Waals surface area contributed by atoms with Crippen molar-refractivity contribution in [3.05, 3.63) is 0 Å². The van der Waals surface area contributed by atoms with E-state index in [4.69, 9.17) is 44.0 Å². The summed E-state index contributed by atoms with van der Waals surface area (Å²) in [5, 5.41) is 39.4. The van der Waals surface area contributed by atoms with Crippen LogP contribution in [-0.4, -0.2) is 154 Å². The highest BCUT2D eigenvalue weighted by Gasteiger charge is 2.43. The summed E-state index contributed by atoms with van der Waals surface area (Å²) >= 11 is 3.41. The van der Waals surface area contributed by atoms with Gasteiger partial charge in [0.1, 0.15) is 24.4 Å². The van der Waals surface area contributed by atoms with Crippen molar-refractivity contribution in [3.63, 3.8) is 0 Å². The largest absolute Gasteiger partial charge is 0.394 e. The second-order valence-corrected chi connectivity index (χ2v) is 9.93. The first-order valence-corrected chi connectivity index (χ1v) is 14.1. The fourth-order valence-corrected chi connectivity index (χ4v) is 4.65. The van der Waals surface area contributed by atoms with E-state index in [9.17, 15) is 15.3 Å². The third-order valence-corrected chi connectivity index (χ3v) is 6.89. The smallest absolute Gasteiger partial charge is 0.186 e. The average Bonchev–Trinajstić information content (AvgIpc) is 2.86. The summed E-state index contributed by atoms with van der Waals surface area (Å²) in [4.78, 5) is 0. The quantitative estimate of drug-likeness (QED) is 0.0679. The van der Waals surface area contributed by atoms with Crippen LogP contribution >= 0.6 is 23.5 Å².